The molecular weight excluding hydrogens is 316 g/mol. The van der Waals surface area contributed by atoms with Crippen LogP contribution in [0, 0.1) is 0 Å². The fourth-order valence-corrected chi connectivity index (χ4v) is 2.95. The number of nitrogens with zero attached hydrogens (tertiary/aromatic N) is 1. The summed E-state index contributed by atoms with van der Waals surface area (Å²) in [7, 11) is 0. The van der Waals surface area contributed by atoms with E-state index in [1.165, 1.54) is 12.8 Å². The van der Waals surface area contributed by atoms with Crippen LogP contribution in [-0.4, -0.2) is 50.2 Å². The van der Waals surface area contributed by atoms with E-state index in [9.17, 15) is 4.79 Å². The number of hydrogen-bond donors (Lipinski definition) is 1. The van der Waals surface area contributed by atoms with E-state index in [4.69, 9.17) is 9.47 Å². The Kier molecular flexibility index (Phi) is 8.60. The van der Waals surface area contributed by atoms with Gasteiger partial charge in [0.15, 0.2) is 11.5 Å². The van der Waals surface area contributed by atoms with E-state index >= 15 is 0 Å². The molecular formula is C20H32N2O3. The second-order valence-corrected chi connectivity index (χ2v) is 6.40. The van der Waals surface area contributed by atoms with Crippen molar-refractivity contribution in [2.75, 3.05) is 39.4 Å². The van der Waals surface area contributed by atoms with Crippen molar-refractivity contribution in [3.8, 4) is 11.5 Å². The molecule has 1 N–H and O–H groups in total. The lowest BCUT2D eigenvalue weighted by Crippen LogP contribution is -2.46. The van der Waals surface area contributed by atoms with Gasteiger partial charge < -0.3 is 19.7 Å². The van der Waals surface area contributed by atoms with E-state index in [0.717, 1.165) is 62.7 Å². The molecule has 0 unspecified atom stereocenters. The number of aryl methyl sites for hydroxylation is 1. The third-order valence-corrected chi connectivity index (χ3v) is 4.41. The van der Waals surface area contributed by atoms with Crippen LogP contribution in [0.2, 0.25) is 0 Å². The number of hydrogen-bond acceptors (Lipinski definition) is 4. The van der Waals surface area contributed by atoms with Crippen molar-refractivity contribution >= 4 is 5.91 Å². The molecule has 1 amide bonds. The Morgan fingerprint density at radius 3 is 2.64 bits per heavy atom. The van der Waals surface area contributed by atoms with Gasteiger partial charge in [-0.2, -0.15) is 0 Å². The highest BCUT2D eigenvalue weighted by molar-refractivity contribution is 5.76. The second kappa shape index (κ2) is 11.0. The number of benzene rings is 1. The summed E-state index contributed by atoms with van der Waals surface area (Å²) in [4.78, 5) is 14.2. The molecule has 2 rings (SSSR count). The Morgan fingerprint density at radius 2 is 1.92 bits per heavy atom. The van der Waals surface area contributed by atoms with Crippen LogP contribution >= 0.6 is 0 Å². The molecule has 1 fully saturated rings. The number of carbonyl (C=O) groups excluding carboxylic acids is 1. The van der Waals surface area contributed by atoms with Crippen molar-refractivity contribution in [1.82, 2.24) is 10.2 Å². The maximum atomic E-state index is 12.3. The number of nitrogens with one attached hydrogen (secondary N) is 1. The quantitative estimate of drug-likeness (QED) is 0.661. The summed E-state index contributed by atoms with van der Waals surface area (Å²) in [6.45, 7) is 8.89. The Morgan fingerprint density at radius 1 is 1.12 bits per heavy atom. The smallest absolute Gasteiger partial charge is 0.222 e. The lowest BCUT2D eigenvalue weighted by Gasteiger charge is -2.27. The lowest BCUT2D eigenvalue weighted by atomic mass is 10.1. The molecule has 1 heterocycles. The topological polar surface area (TPSA) is 50.8 Å². The Hall–Kier alpha value is -1.75. The molecule has 140 valence electrons. The average Bonchev–Trinajstić information content (AvgIpc) is 2.65. The highest BCUT2D eigenvalue weighted by Crippen LogP contribution is 2.29. The van der Waals surface area contributed by atoms with Gasteiger partial charge in [0.05, 0.1) is 13.2 Å². The van der Waals surface area contributed by atoms with Gasteiger partial charge in [-0.3, -0.25) is 4.79 Å². The van der Waals surface area contributed by atoms with E-state index in [0.29, 0.717) is 13.0 Å². The highest BCUT2D eigenvalue weighted by Gasteiger charge is 2.16. The normalized spacial score (nSPS) is 14.4. The van der Waals surface area contributed by atoms with Gasteiger partial charge in [0.1, 0.15) is 0 Å². The second-order valence-electron chi connectivity index (χ2n) is 6.40. The summed E-state index contributed by atoms with van der Waals surface area (Å²) in [6, 6.07) is 6.04. The first-order valence-corrected chi connectivity index (χ1v) is 9.61. The molecule has 0 saturated carbocycles. The van der Waals surface area contributed by atoms with Crippen LogP contribution < -0.4 is 14.8 Å². The number of ether oxygens (including phenoxy) is 2. The fraction of sp³-hybridized carbons (Fsp3) is 0.650. The number of piperazine rings is 1. The summed E-state index contributed by atoms with van der Waals surface area (Å²) < 4.78 is 11.6. The molecule has 0 spiro atoms. The summed E-state index contributed by atoms with van der Waals surface area (Å²) >= 11 is 0. The van der Waals surface area contributed by atoms with Gasteiger partial charge in [-0.15, -0.1) is 0 Å². The third kappa shape index (κ3) is 6.58. The minimum absolute atomic E-state index is 0.236. The van der Waals surface area contributed by atoms with Crippen LogP contribution in [0.15, 0.2) is 18.2 Å². The fourth-order valence-electron chi connectivity index (χ4n) is 2.95. The molecule has 0 aromatic heterocycles. The zero-order valence-electron chi connectivity index (χ0n) is 15.7. The Labute approximate surface area is 151 Å². The Balaban J connectivity index is 1.89. The largest absolute Gasteiger partial charge is 0.490 e. The predicted molar refractivity (Wildman–Crippen MR) is 100 cm³/mol. The maximum Gasteiger partial charge on any atom is 0.222 e. The lowest BCUT2D eigenvalue weighted by molar-refractivity contribution is -0.131. The van der Waals surface area contributed by atoms with Crippen LogP contribution in [0.25, 0.3) is 0 Å². The van der Waals surface area contributed by atoms with Crippen LogP contribution in [0.3, 0.4) is 0 Å². The van der Waals surface area contributed by atoms with E-state index in [-0.39, 0.29) is 5.91 Å². The van der Waals surface area contributed by atoms with Gasteiger partial charge in [-0.25, -0.2) is 0 Å². The monoisotopic (exact) mass is 348 g/mol. The van der Waals surface area contributed by atoms with Crippen LogP contribution in [0.1, 0.15) is 45.1 Å². The molecule has 0 bridgehead atoms. The highest BCUT2D eigenvalue weighted by atomic mass is 16.5. The van der Waals surface area contributed by atoms with Crippen molar-refractivity contribution in [3.05, 3.63) is 23.8 Å². The van der Waals surface area contributed by atoms with Crippen molar-refractivity contribution < 1.29 is 14.3 Å². The number of unbranched alkanes of at least 4 members (excludes halogenated alkanes) is 2. The van der Waals surface area contributed by atoms with Gasteiger partial charge in [0.25, 0.3) is 0 Å². The minimum Gasteiger partial charge on any atom is -0.490 e. The van der Waals surface area contributed by atoms with Crippen molar-refractivity contribution in [3.63, 3.8) is 0 Å². The molecule has 5 nitrogen and oxygen atoms in total. The number of amides is 1. The van der Waals surface area contributed by atoms with E-state index in [1.54, 1.807) is 0 Å². The molecule has 1 aromatic rings. The first-order valence-electron chi connectivity index (χ1n) is 9.61. The molecule has 0 radical (unpaired) electrons. The van der Waals surface area contributed by atoms with Gasteiger partial charge in [0.2, 0.25) is 5.91 Å². The zero-order chi connectivity index (χ0) is 17.9. The van der Waals surface area contributed by atoms with E-state index < -0.39 is 0 Å². The molecule has 1 aliphatic heterocycles. The maximum absolute atomic E-state index is 12.3. The standard InChI is InChI=1S/C20H32N2O3/c1-3-5-6-15-25-18-9-7-17(16-19(18)24-4-2)8-10-20(23)22-13-11-21-12-14-22/h7,9,16,21H,3-6,8,10-15H2,1-2H3. The summed E-state index contributed by atoms with van der Waals surface area (Å²) in [6.07, 6.45) is 4.70. The average molecular weight is 348 g/mol. The third-order valence-electron chi connectivity index (χ3n) is 4.41. The molecule has 1 aromatic carbocycles. The van der Waals surface area contributed by atoms with E-state index in [2.05, 4.69) is 12.2 Å². The summed E-state index contributed by atoms with van der Waals surface area (Å²) in [5, 5.41) is 3.27. The first-order chi connectivity index (χ1) is 12.2. The van der Waals surface area contributed by atoms with Gasteiger partial charge in [-0.05, 0) is 37.5 Å². The SMILES string of the molecule is CCCCCOc1ccc(CCC(=O)N2CCNCC2)cc1OCC. The molecule has 25 heavy (non-hydrogen) atoms. The molecule has 0 aliphatic carbocycles. The zero-order valence-corrected chi connectivity index (χ0v) is 15.7. The molecule has 0 atom stereocenters. The van der Waals surface area contributed by atoms with Crippen molar-refractivity contribution in [1.29, 1.82) is 0 Å². The minimum atomic E-state index is 0.236. The number of carbonyl (C=O) groups is 1. The first kappa shape index (κ1) is 19.6. The van der Waals surface area contributed by atoms with Crippen LogP contribution in [0.4, 0.5) is 0 Å². The van der Waals surface area contributed by atoms with Gasteiger partial charge >= 0.3 is 0 Å². The molecule has 5 heteroatoms. The van der Waals surface area contributed by atoms with E-state index in [1.807, 2.05) is 30.0 Å². The van der Waals surface area contributed by atoms with Gasteiger partial charge in [-0.1, -0.05) is 25.8 Å². The van der Waals surface area contributed by atoms with Crippen LogP contribution in [0.5, 0.6) is 11.5 Å². The Bertz CT molecular complexity index is 528. The summed E-state index contributed by atoms with van der Waals surface area (Å²) in [5.74, 6) is 1.82. The van der Waals surface area contributed by atoms with Crippen molar-refractivity contribution in [2.24, 2.45) is 0 Å². The molecule has 1 saturated heterocycles. The number of rotatable bonds is 10. The molecule has 1 aliphatic rings. The summed E-state index contributed by atoms with van der Waals surface area (Å²) in [5.41, 5.74) is 1.12. The van der Waals surface area contributed by atoms with Crippen LogP contribution in [-0.2, 0) is 11.2 Å². The van der Waals surface area contributed by atoms with Gasteiger partial charge in [0, 0.05) is 32.6 Å². The van der Waals surface area contributed by atoms with Crippen molar-refractivity contribution in [2.45, 2.75) is 46.0 Å². The predicted octanol–water partition coefficient (Wildman–Crippen LogP) is 3.02.